The Morgan fingerprint density at radius 2 is 1.75 bits per heavy atom. The summed E-state index contributed by atoms with van der Waals surface area (Å²) in [7, 11) is 0. The minimum absolute atomic E-state index is 0.169. The van der Waals surface area contributed by atoms with E-state index in [2.05, 4.69) is 5.32 Å². The fraction of sp³-hybridized carbons (Fsp3) is 0.417. The molecule has 0 radical (unpaired) electrons. The quantitative estimate of drug-likeness (QED) is 0.602. The summed E-state index contributed by atoms with van der Waals surface area (Å²) < 4.78 is 39.6. The van der Waals surface area contributed by atoms with Crippen LogP contribution in [0.1, 0.15) is 55.7 Å². The van der Waals surface area contributed by atoms with Gasteiger partial charge in [-0.25, -0.2) is 0 Å². The Labute approximate surface area is 185 Å². The van der Waals surface area contributed by atoms with Gasteiger partial charge in [0.1, 0.15) is 0 Å². The number of amides is 1. The molecule has 3 rings (SSSR count). The van der Waals surface area contributed by atoms with Gasteiger partial charge >= 0.3 is 12.1 Å². The number of nitrogens with one attached hydrogen (secondary N) is 1. The molecule has 5 nitrogen and oxygen atoms in total. The Bertz CT molecular complexity index is 974. The number of hydrogen-bond acceptors (Lipinski definition) is 3. The lowest BCUT2D eigenvalue weighted by molar-refractivity contribution is -0.138. The summed E-state index contributed by atoms with van der Waals surface area (Å²) in [5, 5.41) is 12.4. The molecule has 0 aliphatic carbocycles. The molecule has 8 heteroatoms. The topological polar surface area (TPSA) is 69.6 Å². The van der Waals surface area contributed by atoms with Crippen LogP contribution in [0.5, 0.6) is 0 Å². The molecule has 1 heterocycles. The van der Waals surface area contributed by atoms with Crippen molar-refractivity contribution in [3.8, 4) is 0 Å². The van der Waals surface area contributed by atoms with E-state index in [0.717, 1.165) is 17.7 Å². The van der Waals surface area contributed by atoms with E-state index >= 15 is 0 Å². The van der Waals surface area contributed by atoms with E-state index in [-0.39, 0.29) is 37.3 Å². The van der Waals surface area contributed by atoms with Crippen LogP contribution >= 0.6 is 0 Å². The Kier molecular flexibility index (Phi) is 6.93. The summed E-state index contributed by atoms with van der Waals surface area (Å²) in [6.45, 7) is 4.61. The molecule has 172 valence electrons. The molecular formula is C24H27F3N2O3. The van der Waals surface area contributed by atoms with Crippen molar-refractivity contribution < 1.29 is 27.9 Å². The second kappa shape index (κ2) is 9.32. The number of carboxylic acid groups (broad SMARTS) is 1. The normalized spacial score (nSPS) is 16.2. The maximum Gasteiger partial charge on any atom is 0.416 e. The van der Waals surface area contributed by atoms with Crippen LogP contribution < -0.4 is 10.2 Å². The maximum absolute atomic E-state index is 13.2. The van der Waals surface area contributed by atoms with Crippen LogP contribution in [0.25, 0.3) is 0 Å². The average Bonchev–Trinajstić information content (AvgIpc) is 3.10. The number of alkyl halides is 3. The Hall–Kier alpha value is -2.87. The second-order valence-electron chi connectivity index (χ2n) is 8.57. The number of hydrogen-bond donors (Lipinski definition) is 2. The molecule has 2 aromatic rings. The van der Waals surface area contributed by atoms with Gasteiger partial charge in [0.25, 0.3) is 0 Å². The van der Waals surface area contributed by atoms with Crippen LogP contribution in [0.3, 0.4) is 0 Å². The molecule has 0 saturated heterocycles. The van der Waals surface area contributed by atoms with Crippen molar-refractivity contribution in [1.29, 1.82) is 0 Å². The number of carbonyl (C=O) groups excluding carboxylic acids is 1. The monoisotopic (exact) mass is 448 g/mol. The van der Waals surface area contributed by atoms with E-state index in [9.17, 15) is 22.8 Å². The highest BCUT2D eigenvalue weighted by Gasteiger charge is 2.37. The van der Waals surface area contributed by atoms with Crippen molar-refractivity contribution in [1.82, 2.24) is 5.32 Å². The lowest BCUT2D eigenvalue weighted by Gasteiger charge is -2.27. The van der Waals surface area contributed by atoms with Gasteiger partial charge in [-0.05, 0) is 49.6 Å². The molecule has 2 N–H and O–H groups in total. The molecule has 2 aromatic carbocycles. The van der Waals surface area contributed by atoms with Crippen molar-refractivity contribution in [2.75, 3.05) is 18.0 Å². The molecule has 0 saturated carbocycles. The minimum Gasteiger partial charge on any atom is -0.481 e. The van der Waals surface area contributed by atoms with E-state index < -0.39 is 23.6 Å². The van der Waals surface area contributed by atoms with Gasteiger partial charge in [0, 0.05) is 43.1 Å². The summed E-state index contributed by atoms with van der Waals surface area (Å²) >= 11 is 0. The van der Waals surface area contributed by atoms with Gasteiger partial charge in [0.15, 0.2) is 0 Å². The van der Waals surface area contributed by atoms with Crippen LogP contribution in [0.4, 0.5) is 18.9 Å². The first kappa shape index (κ1) is 23.8. The molecule has 32 heavy (non-hydrogen) atoms. The van der Waals surface area contributed by atoms with Crippen LogP contribution in [-0.4, -0.2) is 30.1 Å². The van der Waals surface area contributed by atoms with Gasteiger partial charge in [-0.2, -0.15) is 13.2 Å². The third-order valence-corrected chi connectivity index (χ3v) is 5.90. The lowest BCUT2D eigenvalue weighted by atomic mass is 9.94. The fourth-order valence-electron chi connectivity index (χ4n) is 4.08. The van der Waals surface area contributed by atoms with Crippen molar-refractivity contribution in [2.45, 2.75) is 50.7 Å². The molecule has 0 aromatic heterocycles. The molecule has 1 amide bonds. The van der Waals surface area contributed by atoms with E-state index in [1.165, 1.54) is 11.0 Å². The average molecular weight is 448 g/mol. The Morgan fingerprint density at radius 3 is 2.38 bits per heavy atom. The second-order valence-corrected chi connectivity index (χ2v) is 8.57. The largest absolute Gasteiger partial charge is 0.481 e. The predicted octanol–water partition coefficient (Wildman–Crippen LogP) is 4.92. The number of rotatable bonds is 8. The first-order valence-electron chi connectivity index (χ1n) is 10.5. The molecule has 1 aliphatic heterocycles. The zero-order chi connectivity index (χ0) is 23.5. The van der Waals surface area contributed by atoms with Gasteiger partial charge in [0.2, 0.25) is 5.91 Å². The highest BCUT2D eigenvalue weighted by molar-refractivity contribution is 5.96. The number of halogens is 3. The number of nitrogens with zero attached hydrogens (tertiary/aromatic N) is 1. The van der Waals surface area contributed by atoms with Crippen LogP contribution in [0, 0.1) is 0 Å². The smallest absolute Gasteiger partial charge is 0.416 e. The summed E-state index contributed by atoms with van der Waals surface area (Å²) in [5.41, 5.74) is 0.744. The number of fused-ring (bicyclic) bond motifs is 1. The number of anilines is 1. The van der Waals surface area contributed by atoms with E-state index in [4.69, 9.17) is 5.11 Å². The minimum atomic E-state index is -4.50. The number of carbonyl (C=O) groups is 2. The number of benzene rings is 2. The van der Waals surface area contributed by atoms with Gasteiger partial charge in [-0.3, -0.25) is 9.59 Å². The van der Waals surface area contributed by atoms with Crippen molar-refractivity contribution in [3.63, 3.8) is 0 Å². The third kappa shape index (κ3) is 5.48. The molecule has 0 spiro atoms. The molecule has 0 bridgehead atoms. The summed E-state index contributed by atoms with van der Waals surface area (Å²) in [5.74, 6) is -1.67. The summed E-state index contributed by atoms with van der Waals surface area (Å²) in [6, 6.07) is 13.1. The number of aliphatic carboxylic acids is 1. The van der Waals surface area contributed by atoms with Crippen molar-refractivity contribution >= 4 is 17.6 Å². The van der Waals surface area contributed by atoms with Crippen LogP contribution in [0.15, 0.2) is 48.5 Å². The van der Waals surface area contributed by atoms with Crippen LogP contribution in [-0.2, 0) is 21.3 Å². The van der Waals surface area contributed by atoms with Crippen LogP contribution in [0.2, 0.25) is 0 Å². The van der Waals surface area contributed by atoms with Crippen molar-refractivity contribution in [3.05, 3.63) is 65.2 Å². The zero-order valence-electron chi connectivity index (χ0n) is 18.1. The highest BCUT2D eigenvalue weighted by atomic mass is 19.4. The zero-order valence-corrected chi connectivity index (χ0v) is 18.1. The lowest BCUT2D eigenvalue weighted by Crippen LogP contribution is -2.39. The maximum atomic E-state index is 13.2. The fourth-order valence-corrected chi connectivity index (χ4v) is 4.08. The molecule has 1 atom stereocenters. The first-order valence-corrected chi connectivity index (χ1v) is 10.5. The molecule has 1 unspecified atom stereocenters. The highest BCUT2D eigenvalue weighted by Crippen LogP contribution is 2.42. The standard InChI is InChI=1S/C24H27F3N2O3/c1-23(2,17-6-4-3-5-7-17)28-13-12-21(30)29-15-16(8-11-22(31)32)19-14-18(24(25,26)27)9-10-20(19)29/h3-7,9-10,14,16,28H,8,11-13,15H2,1-2H3,(H,31,32). The predicted molar refractivity (Wildman–Crippen MR) is 115 cm³/mol. The SMILES string of the molecule is CC(C)(NCCC(=O)N1CC(CCC(=O)O)c2cc(C(F)(F)F)ccc21)c1ccccc1. The molecular weight excluding hydrogens is 421 g/mol. The number of carboxylic acids is 1. The van der Waals surface area contributed by atoms with Gasteiger partial charge < -0.3 is 15.3 Å². The third-order valence-electron chi connectivity index (χ3n) is 5.90. The molecule has 1 aliphatic rings. The Morgan fingerprint density at radius 1 is 1.06 bits per heavy atom. The van der Waals surface area contributed by atoms with E-state index in [0.29, 0.717) is 17.8 Å². The van der Waals surface area contributed by atoms with Gasteiger partial charge in [0.05, 0.1) is 5.56 Å². The van der Waals surface area contributed by atoms with Gasteiger partial charge in [-0.1, -0.05) is 30.3 Å². The van der Waals surface area contributed by atoms with Gasteiger partial charge in [-0.15, -0.1) is 0 Å². The first-order chi connectivity index (χ1) is 15.0. The summed E-state index contributed by atoms with van der Waals surface area (Å²) in [4.78, 5) is 25.4. The summed E-state index contributed by atoms with van der Waals surface area (Å²) in [6.07, 6.45) is -4.33. The Balaban J connectivity index is 1.72. The molecule has 0 fully saturated rings. The van der Waals surface area contributed by atoms with E-state index in [1.807, 2.05) is 44.2 Å². The van der Waals surface area contributed by atoms with Crippen molar-refractivity contribution in [2.24, 2.45) is 0 Å². The van der Waals surface area contributed by atoms with E-state index in [1.54, 1.807) is 0 Å².